The third kappa shape index (κ3) is 39.9. The summed E-state index contributed by atoms with van der Waals surface area (Å²) in [5.41, 5.74) is 25.6. The van der Waals surface area contributed by atoms with Gasteiger partial charge in [-0.3, -0.25) is 0 Å². The third-order valence-corrected chi connectivity index (χ3v) is 25.0. The minimum Gasteiger partial charge on any atom is -1.00 e. The Morgan fingerprint density at radius 2 is 0.562 bits per heavy atom. The number of hydrogen-bond acceptors (Lipinski definition) is 15. The number of nitrogens with two attached hydrogens (primary N) is 2. The SMILES string of the molecule is C=CCBr.C=CCN(CC=C)c1ccc(Cc2ccc(N(CC=C)CC=C)cc2)cc1.CCCCN(CCCC)c1ccc(Cc2ccc(N(CCC[Si](OCC)(OCC)OCC)CCC[Si](OCC)(OCC)OCC)cc2)cc1.CCO[SiH](OCC)OCC.Nc1ccc(Cc2ccc(N)cc2)cc1.[H-].[HH]. The highest BCUT2D eigenvalue weighted by atomic mass is 79.9. The molecule has 0 spiro atoms. The fourth-order valence-corrected chi connectivity index (χ4v) is 17.7. The molecule has 0 radical (unpaired) electrons. The van der Waals surface area contributed by atoms with Crippen LogP contribution < -0.4 is 31.1 Å². The van der Waals surface area contributed by atoms with Crippen LogP contribution in [0.1, 0.15) is 151 Å². The van der Waals surface area contributed by atoms with E-state index in [9.17, 15) is 0 Å². The van der Waals surface area contributed by atoms with E-state index in [1.165, 1.54) is 81.8 Å². The number of rotatable bonds is 51. The molecule has 19 heteroatoms. The standard InChI is InChI=1S/C39H70N2O6Si2.C25H30N2.C13H14N2.C6H16O3Si.C3H5Br.H2.H/c1-9-17-29-40(30-18-10-2)38-25-21-36(22-26-38)35-37-23-27-39(28-24-37)41(31-19-33-48(42-11-3,43-12-4)44-13-5)32-20-34-49(45-14-6,46-15-7)47-16-8;1-5-17-26(18-6-2)24-13-9-22(10-14-24)21-23-11-15-25(16-12-23)27(19-7-3)20-8-4;14-12-5-1-10(2-6-12)9-11-3-7-13(15)8-4-11;1-4-7-10(8-5-2)9-6-3;1-2-3-4;;/h21-28H,9-20,29-35H2,1-8H3;5-16H,1-4,17-21H2;1-8H,9,14-15H2;10H,4-6H2,1-3H3;2H,1,3H2;1H;/q;;;;;;-1. The van der Waals surface area contributed by atoms with Crippen molar-refractivity contribution in [3.63, 3.8) is 0 Å². The average molecular weight is 1560 g/mol. The van der Waals surface area contributed by atoms with Gasteiger partial charge in [0.05, 0.1) is 0 Å². The van der Waals surface area contributed by atoms with Crippen molar-refractivity contribution in [2.45, 2.75) is 146 Å². The van der Waals surface area contributed by atoms with Crippen molar-refractivity contribution in [3.05, 3.63) is 242 Å². The van der Waals surface area contributed by atoms with Crippen molar-refractivity contribution in [2.75, 3.05) is 148 Å². The van der Waals surface area contributed by atoms with Gasteiger partial charge in [0.2, 0.25) is 0 Å². The first kappa shape index (κ1) is 94.7. The van der Waals surface area contributed by atoms with Crippen molar-refractivity contribution in [1.29, 1.82) is 0 Å². The predicted molar refractivity (Wildman–Crippen MR) is 465 cm³/mol. The fourth-order valence-electron chi connectivity index (χ4n) is 11.4. The normalized spacial score (nSPS) is 10.9. The van der Waals surface area contributed by atoms with Crippen LogP contribution >= 0.6 is 15.9 Å². The van der Waals surface area contributed by atoms with Crippen LogP contribution in [0.4, 0.5) is 34.1 Å². The Kier molecular flexibility index (Phi) is 53.7. The lowest BCUT2D eigenvalue weighted by atomic mass is 10.0. The molecule has 0 saturated carbocycles. The summed E-state index contributed by atoms with van der Waals surface area (Å²) in [4.78, 5) is 9.51. The predicted octanol–water partition coefficient (Wildman–Crippen LogP) is 20.2. The van der Waals surface area contributed by atoms with Crippen LogP contribution in [0.3, 0.4) is 0 Å². The zero-order valence-corrected chi connectivity index (χ0v) is 71.1. The second-order valence-corrected chi connectivity index (χ2v) is 32.3. The van der Waals surface area contributed by atoms with Gasteiger partial charge >= 0.3 is 27.1 Å². The first-order valence-electron chi connectivity index (χ1n) is 38.4. The largest absolute Gasteiger partial charge is 1.00 e. The Morgan fingerprint density at radius 1 is 0.343 bits per heavy atom. The van der Waals surface area contributed by atoms with Gasteiger partial charge in [-0.25, -0.2) is 0 Å². The van der Waals surface area contributed by atoms with E-state index in [0.717, 1.165) is 113 Å². The van der Waals surface area contributed by atoms with Gasteiger partial charge in [0.15, 0.2) is 0 Å². The Labute approximate surface area is 652 Å². The lowest BCUT2D eigenvalue weighted by Crippen LogP contribution is -2.47. The van der Waals surface area contributed by atoms with E-state index in [0.29, 0.717) is 59.5 Å². The van der Waals surface area contributed by atoms with Crippen LogP contribution in [0.15, 0.2) is 209 Å². The molecule has 4 N–H and O–H groups in total. The Balaban J connectivity index is 0.00000160. The third-order valence-electron chi connectivity index (χ3n) is 16.4. The monoisotopic (exact) mass is 1560 g/mol. The molecule has 15 nitrogen and oxygen atoms in total. The maximum Gasteiger partial charge on any atom is 0.500 e. The maximum atomic E-state index is 6.16. The highest BCUT2D eigenvalue weighted by Gasteiger charge is 2.41. The van der Waals surface area contributed by atoms with E-state index < -0.39 is 27.1 Å². The topological polar surface area (TPSA) is 148 Å². The van der Waals surface area contributed by atoms with E-state index in [4.69, 9.17) is 51.3 Å². The summed E-state index contributed by atoms with van der Waals surface area (Å²) < 4.78 is 52.6. The fraction of sp³-hybridized carbons (Fsp3) is 0.465. The number of anilines is 6. The molecule has 6 aromatic rings. The molecule has 0 aliphatic rings. The lowest BCUT2D eigenvalue weighted by molar-refractivity contribution is 0.0705. The van der Waals surface area contributed by atoms with Crippen LogP contribution in [0.25, 0.3) is 0 Å². The zero-order valence-electron chi connectivity index (χ0n) is 67.4. The van der Waals surface area contributed by atoms with Gasteiger partial charge < -0.3 is 72.3 Å². The van der Waals surface area contributed by atoms with Crippen molar-refractivity contribution < 1.29 is 42.7 Å². The highest BCUT2D eigenvalue weighted by Crippen LogP contribution is 2.27. The molecule has 0 aromatic heterocycles. The van der Waals surface area contributed by atoms with Gasteiger partial charge in [-0.05, 0) is 213 Å². The molecule has 6 rings (SSSR count). The van der Waals surface area contributed by atoms with Gasteiger partial charge in [0, 0.05) is 165 Å². The number of nitrogen functional groups attached to an aromatic ring is 2. The van der Waals surface area contributed by atoms with Crippen LogP contribution in [0, 0.1) is 0 Å². The first-order chi connectivity index (χ1) is 51.1. The van der Waals surface area contributed by atoms with Crippen LogP contribution in [0.2, 0.25) is 12.1 Å². The highest BCUT2D eigenvalue weighted by molar-refractivity contribution is 9.09. The average Bonchev–Trinajstić information content (AvgIpc) is 0.911. The van der Waals surface area contributed by atoms with Crippen LogP contribution in [0.5, 0.6) is 0 Å². The summed E-state index contributed by atoms with van der Waals surface area (Å²) in [7, 11) is -7.17. The molecule has 0 heterocycles. The minimum atomic E-state index is -2.72. The summed E-state index contributed by atoms with van der Waals surface area (Å²) in [5, 5.41) is 0.896. The van der Waals surface area contributed by atoms with E-state index in [2.05, 4.69) is 179 Å². The number of halogens is 1. The van der Waals surface area contributed by atoms with Gasteiger partial charge in [0.25, 0.3) is 0 Å². The number of alkyl halides is 1. The number of nitrogens with zero attached hydrogens (tertiary/aromatic N) is 4. The summed E-state index contributed by atoms with van der Waals surface area (Å²) in [6, 6.07) is 53.3. The van der Waals surface area contributed by atoms with Gasteiger partial charge in [0.1, 0.15) is 0 Å². The van der Waals surface area contributed by atoms with Crippen molar-refractivity contribution >= 4 is 77.2 Å². The minimum absolute atomic E-state index is 0. The van der Waals surface area contributed by atoms with Gasteiger partial charge in [-0.1, -0.05) is 146 Å². The molecular weight excluding hydrogens is 1430 g/mol. The van der Waals surface area contributed by atoms with Crippen molar-refractivity contribution in [2.24, 2.45) is 0 Å². The van der Waals surface area contributed by atoms with E-state index in [-0.39, 0.29) is 2.85 Å². The first-order valence-corrected chi connectivity index (χ1v) is 44.8. The quantitative estimate of drug-likeness (QED) is 0.0161. The second-order valence-electron chi connectivity index (χ2n) is 24.6. The number of hydrogen-bond donors (Lipinski definition) is 2. The molecular formula is C86H138BrN6O9Si3-. The molecule has 0 aliphatic heterocycles. The Morgan fingerprint density at radius 3 is 0.762 bits per heavy atom. The summed E-state index contributed by atoms with van der Waals surface area (Å²) in [6.07, 6.45) is 19.0. The number of unbranched alkanes of at least 4 members (excludes halogenated alkanes) is 2. The Bertz CT molecular complexity index is 2940. The summed E-state index contributed by atoms with van der Waals surface area (Å²) in [6.45, 7) is 54.1. The molecule has 0 aliphatic carbocycles. The van der Waals surface area contributed by atoms with E-state index >= 15 is 0 Å². The van der Waals surface area contributed by atoms with Crippen molar-refractivity contribution in [3.8, 4) is 0 Å². The van der Waals surface area contributed by atoms with Gasteiger partial charge in [-0.15, -0.1) is 32.9 Å². The zero-order chi connectivity index (χ0) is 77.2. The summed E-state index contributed by atoms with van der Waals surface area (Å²) in [5.74, 6) is 0. The molecule has 0 unspecified atom stereocenters. The van der Waals surface area contributed by atoms with Crippen molar-refractivity contribution in [1.82, 2.24) is 0 Å². The molecule has 0 fully saturated rings. The van der Waals surface area contributed by atoms with Crippen LogP contribution in [-0.4, -0.2) is 144 Å². The smallest absolute Gasteiger partial charge is 0.500 e. The van der Waals surface area contributed by atoms with Gasteiger partial charge in [-0.2, -0.15) is 0 Å². The number of benzene rings is 6. The lowest BCUT2D eigenvalue weighted by Gasteiger charge is -2.32. The van der Waals surface area contributed by atoms with Crippen LogP contribution in [-0.2, 0) is 59.1 Å². The molecule has 0 amide bonds. The molecule has 586 valence electrons. The van der Waals surface area contributed by atoms with E-state index in [1.807, 2.05) is 135 Å². The molecule has 6 aromatic carbocycles. The second kappa shape index (κ2) is 59.6. The summed E-state index contributed by atoms with van der Waals surface area (Å²) >= 11 is 3.13. The maximum absolute atomic E-state index is 6.16. The molecule has 0 atom stereocenters. The van der Waals surface area contributed by atoms with E-state index in [1.54, 1.807) is 6.08 Å². The molecule has 105 heavy (non-hydrogen) atoms. The molecule has 0 saturated heterocycles. The number of allylic oxidation sites excluding steroid dienone is 1. The Hall–Kier alpha value is -6.41. The molecule has 0 bridgehead atoms.